The van der Waals surface area contributed by atoms with Crippen LogP contribution in [0, 0.1) is 0 Å². The Morgan fingerprint density at radius 1 is 1.43 bits per heavy atom. The van der Waals surface area contributed by atoms with Crippen LogP contribution in [0.2, 0.25) is 0 Å². The summed E-state index contributed by atoms with van der Waals surface area (Å²) in [7, 11) is 2.01. The van der Waals surface area contributed by atoms with Crippen molar-refractivity contribution in [2.24, 2.45) is 0 Å². The molecule has 0 aliphatic carbocycles. The molecule has 1 aromatic heterocycles. The molecule has 0 bridgehead atoms. The molecule has 0 N–H and O–H groups in total. The zero-order chi connectivity index (χ0) is 10.1. The first-order valence-electron chi connectivity index (χ1n) is 4.63. The number of amides is 1. The third-order valence-electron chi connectivity index (χ3n) is 2.52. The van der Waals surface area contributed by atoms with Gasteiger partial charge in [0.25, 0.3) is 0 Å². The number of carbonyl (C=O) groups excluding carboxylic acids is 1. The van der Waals surface area contributed by atoms with Crippen molar-refractivity contribution in [3.05, 3.63) is 18.5 Å². The summed E-state index contributed by atoms with van der Waals surface area (Å²) in [4.78, 5) is 19.3. The minimum absolute atomic E-state index is 0.0885. The van der Waals surface area contributed by atoms with Crippen molar-refractivity contribution in [3.63, 3.8) is 0 Å². The van der Waals surface area contributed by atoms with E-state index in [2.05, 4.69) is 9.88 Å². The molecule has 0 saturated heterocycles. The number of aromatic nitrogens is 1. The lowest BCUT2D eigenvalue weighted by Gasteiger charge is -2.34. The Kier molecular flexibility index (Phi) is 2.11. The van der Waals surface area contributed by atoms with E-state index in [0.29, 0.717) is 0 Å². The van der Waals surface area contributed by atoms with Crippen LogP contribution in [0.3, 0.4) is 0 Å². The zero-order valence-electron chi connectivity index (χ0n) is 8.40. The van der Waals surface area contributed by atoms with E-state index in [-0.39, 0.29) is 5.91 Å². The fraction of sp³-hybridized carbons (Fsp3) is 0.400. The maximum Gasteiger partial charge on any atom is 0.223 e. The quantitative estimate of drug-likeness (QED) is 0.611. The number of hydrogen-bond donors (Lipinski definition) is 0. The van der Waals surface area contributed by atoms with Crippen LogP contribution in [-0.4, -0.2) is 31.0 Å². The SMILES string of the molecule is CC(=O)N1CCN(C)c2cnccc21. The molecule has 1 amide bonds. The van der Waals surface area contributed by atoms with Crippen LogP contribution >= 0.6 is 0 Å². The summed E-state index contributed by atoms with van der Waals surface area (Å²) < 4.78 is 0. The molecule has 14 heavy (non-hydrogen) atoms. The van der Waals surface area contributed by atoms with Crippen LogP contribution in [0.4, 0.5) is 11.4 Å². The van der Waals surface area contributed by atoms with Gasteiger partial charge >= 0.3 is 0 Å². The highest BCUT2D eigenvalue weighted by molar-refractivity contribution is 5.96. The molecule has 1 aromatic rings. The van der Waals surface area contributed by atoms with Gasteiger partial charge in [0.2, 0.25) is 5.91 Å². The molecule has 0 spiro atoms. The van der Waals surface area contributed by atoms with E-state index < -0.39 is 0 Å². The van der Waals surface area contributed by atoms with Gasteiger partial charge in [0.15, 0.2) is 0 Å². The molecule has 74 valence electrons. The molecular formula is C10H13N3O. The Bertz CT molecular complexity index is 364. The number of carbonyl (C=O) groups is 1. The van der Waals surface area contributed by atoms with Gasteiger partial charge < -0.3 is 9.80 Å². The van der Waals surface area contributed by atoms with Crippen LogP contribution < -0.4 is 9.80 Å². The van der Waals surface area contributed by atoms with Gasteiger partial charge in [-0.1, -0.05) is 0 Å². The normalized spacial score (nSPS) is 15.3. The van der Waals surface area contributed by atoms with Gasteiger partial charge in [-0.3, -0.25) is 9.78 Å². The minimum Gasteiger partial charge on any atom is -0.370 e. The van der Waals surface area contributed by atoms with Gasteiger partial charge in [-0.25, -0.2) is 0 Å². The van der Waals surface area contributed by atoms with Gasteiger partial charge in [-0.2, -0.15) is 0 Å². The summed E-state index contributed by atoms with van der Waals surface area (Å²) >= 11 is 0. The van der Waals surface area contributed by atoms with E-state index in [9.17, 15) is 4.79 Å². The maximum absolute atomic E-state index is 11.4. The first-order valence-corrected chi connectivity index (χ1v) is 4.63. The standard InChI is InChI=1S/C10H13N3O/c1-8(14)13-6-5-12(2)10-7-11-4-3-9(10)13/h3-4,7H,5-6H2,1-2H3. The van der Waals surface area contributed by atoms with E-state index in [1.807, 2.05) is 13.1 Å². The fourth-order valence-electron chi connectivity index (χ4n) is 1.72. The number of fused-ring (bicyclic) bond motifs is 1. The maximum atomic E-state index is 11.4. The second-order valence-corrected chi connectivity index (χ2v) is 3.46. The molecule has 1 aliphatic rings. The summed E-state index contributed by atoms with van der Waals surface area (Å²) in [5.41, 5.74) is 1.98. The third-order valence-corrected chi connectivity index (χ3v) is 2.52. The topological polar surface area (TPSA) is 36.4 Å². The summed E-state index contributed by atoms with van der Waals surface area (Å²) in [5, 5.41) is 0. The molecule has 4 nitrogen and oxygen atoms in total. The zero-order valence-corrected chi connectivity index (χ0v) is 8.40. The van der Waals surface area contributed by atoms with Gasteiger partial charge in [0, 0.05) is 33.3 Å². The van der Waals surface area contributed by atoms with Crippen molar-refractivity contribution >= 4 is 17.3 Å². The van der Waals surface area contributed by atoms with Crippen molar-refractivity contribution < 1.29 is 4.79 Å². The first-order chi connectivity index (χ1) is 6.70. The Balaban J connectivity index is 2.46. The number of likely N-dealkylation sites (N-methyl/N-ethyl adjacent to an activating group) is 1. The highest BCUT2D eigenvalue weighted by atomic mass is 16.2. The average molecular weight is 191 g/mol. The molecule has 0 unspecified atom stereocenters. The van der Waals surface area contributed by atoms with Crippen molar-refractivity contribution in [3.8, 4) is 0 Å². The second kappa shape index (κ2) is 3.29. The van der Waals surface area contributed by atoms with Crippen LogP contribution in [0.15, 0.2) is 18.5 Å². The second-order valence-electron chi connectivity index (χ2n) is 3.46. The van der Waals surface area contributed by atoms with Crippen LogP contribution in [0.1, 0.15) is 6.92 Å². The molecule has 0 saturated carbocycles. The van der Waals surface area contributed by atoms with Gasteiger partial charge in [0.05, 0.1) is 17.6 Å². The van der Waals surface area contributed by atoms with Crippen LogP contribution in [-0.2, 0) is 4.79 Å². The molecule has 4 heteroatoms. The van der Waals surface area contributed by atoms with Crippen molar-refractivity contribution in [1.29, 1.82) is 0 Å². The summed E-state index contributed by atoms with van der Waals surface area (Å²) in [5.74, 6) is 0.0885. The molecule has 0 atom stereocenters. The predicted octanol–water partition coefficient (Wildman–Crippen LogP) is 0.884. The van der Waals surface area contributed by atoms with E-state index in [0.717, 1.165) is 24.5 Å². The summed E-state index contributed by atoms with van der Waals surface area (Å²) in [6.45, 7) is 3.21. The van der Waals surface area contributed by atoms with E-state index in [1.165, 1.54) is 0 Å². The van der Waals surface area contributed by atoms with Crippen molar-refractivity contribution in [2.45, 2.75) is 6.92 Å². The minimum atomic E-state index is 0.0885. The average Bonchev–Trinajstić information content (AvgIpc) is 2.18. The lowest BCUT2D eigenvalue weighted by molar-refractivity contribution is -0.116. The molecule has 2 heterocycles. The van der Waals surface area contributed by atoms with Gasteiger partial charge in [0.1, 0.15) is 0 Å². The lowest BCUT2D eigenvalue weighted by Crippen LogP contribution is -2.41. The van der Waals surface area contributed by atoms with E-state index in [4.69, 9.17) is 0 Å². The number of hydrogen-bond acceptors (Lipinski definition) is 3. The Labute approximate surface area is 83.2 Å². The smallest absolute Gasteiger partial charge is 0.223 e. The molecule has 0 aromatic carbocycles. The highest BCUT2D eigenvalue weighted by Crippen LogP contribution is 2.30. The summed E-state index contributed by atoms with van der Waals surface area (Å²) in [6.07, 6.45) is 3.51. The molecule has 2 rings (SSSR count). The van der Waals surface area contributed by atoms with E-state index in [1.54, 1.807) is 24.2 Å². The Morgan fingerprint density at radius 3 is 2.93 bits per heavy atom. The molecule has 0 radical (unpaired) electrons. The molecular weight excluding hydrogens is 178 g/mol. The summed E-state index contributed by atoms with van der Waals surface area (Å²) in [6, 6.07) is 1.88. The number of pyridine rings is 1. The molecule has 0 fully saturated rings. The number of anilines is 2. The Hall–Kier alpha value is -1.58. The number of nitrogens with zero attached hydrogens (tertiary/aromatic N) is 3. The fourth-order valence-corrected chi connectivity index (χ4v) is 1.72. The lowest BCUT2D eigenvalue weighted by atomic mass is 10.2. The van der Waals surface area contributed by atoms with Gasteiger partial charge in [-0.15, -0.1) is 0 Å². The first kappa shape index (κ1) is 8.99. The van der Waals surface area contributed by atoms with Gasteiger partial charge in [-0.05, 0) is 6.07 Å². The monoisotopic (exact) mass is 191 g/mol. The van der Waals surface area contributed by atoms with Crippen LogP contribution in [0.25, 0.3) is 0 Å². The predicted molar refractivity (Wildman–Crippen MR) is 55.5 cm³/mol. The third kappa shape index (κ3) is 1.32. The Morgan fingerprint density at radius 2 is 2.21 bits per heavy atom. The highest BCUT2D eigenvalue weighted by Gasteiger charge is 2.22. The van der Waals surface area contributed by atoms with Crippen molar-refractivity contribution in [2.75, 3.05) is 29.9 Å². The number of rotatable bonds is 0. The van der Waals surface area contributed by atoms with E-state index >= 15 is 0 Å². The molecule has 1 aliphatic heterocycles. The van der Waals surface area contributed by atoms with Crippen molar-refractivity contribution in [1.82, 2.24) is 4.98 Å². The largest absolute Gasteiger partial charge is 0.370 e. The van der Waals surface area contributed by atoms with Crippen LogP contribution in [0.5, 0.6) is 0 Å².